The Labute approximate surface area is 99.2 Å². The molecule has 0 bridgehead atoms. The lowest BCUT2D eigenvalue weighted by Crippen LogP contribution is -2.36. The third-order valence-electron chi connectivity index (χ3n) is 2.28. The van der Waals surface area contributed by atoms with E-state index in [-0.39, 0.29) is 11.7 Å². The van der Waals surface area contributed by atoms with Gasteiger partial charge in [-0.15, -0.1) is 0 Å². The van der Waals surface area contributed by atoms with Gasteiger partial charge in [0.05, 0.1) is 12.1 Å². The monoisotopic (exact) mass is 245 g/mol. The summed E-state index contributed by atoms with van der Waals surface area (Å²) in [6.45, 7) is 2.48. The molecule has 1 rings (SSSR count). The molecule has 0 unspecified atom stereocenters. The molecule has 0 aliphatic heterocycles. The Morgan fingerprint density at radius 1 is 1.29 bits per heavy atom. The minimum absolute atomic E-state index is 0.0217. The Kier molecular flexibility index (Phi) is 4.42. The van der Waals surface area contributed by atoms with Crippen molar-refractivity contribution < 1.29 is 18.6 Å². The molecule has 3 N–H and O–H groups in total. The first-order chi connectivity index (χ1) is 7.86. The fraction of sp³-hybridized carbons (Fsp3) is 0.500. The van der Waals surface area contributed by atoms with Gasteiger partial charge in [-0.1, -0.05) is 12.1 Å². The minimum atomic E-state index is -3.32. The lowest BCUT2D eigenvalue weighted by molar-refractivity contribution is -0.0711. The smallest absolute Gasteiger partial charge is 0.289 e. The first-order valence-electron chi connectivity index (χ1n) is 5.37. The normalized spacial score (nSPS) is 13.8. The molecule has 96 valence electrons. The Morgan fingerprint density at radius 2 is 1.82 bits per heavy atom. The highest BCUT2D eigenvalue weighted by Crippen LogP contribution is 2.29. The van der Waals surface area contributed by atoms with Crippen LogP contribution >= 0.6 is 0 Å². The van der Waals surface area contributed by atoms with Gasteiger partial charge in [0.2, 0.25) is 0 Å². The summed E-state index contributed by atoms with van der Waals surface area (Å²) in [4.78, 5) is 0. The Bertz CT molecular complexity index is 352. The number of aliphatic hydroxyl groups excluding tert-OH is 1. The van der Waals surface area contributed by atoms with E-state index in [1.807, 2.05) is 13.8 Å². The van der Waals surface area contributed by atoms with Crippen LogP contribution < -0.4 is 10.5 Å². The van der Waals surface area contributed by atoms with Gasteiger partial charge >= 0.3 is 0 Å². The van der Waals surface area contributed by atoms with Gasteiger partial charge < -0.3 is 15.6 Å². The van der Waals surface area contributed by atoms with Crippen molar-refractivity contribution in [1.82, 2.24) is 0 Å². The maximum absolute atomic E-state index is 13.1. The van der Waals surface area contributed by atoms with Crippen molar-refractivity contribution in [3.05, 3.63) is 29.8 Å². The van der Waals surface area contributed by atoms with Gasteiger partial charge in [-0.3, -0.25) is 0 Å². The van der Waals surface area contributed by atoms with E-state index in [0.717, 1.165) is 0 Å². The van der Waals surface area contributed by atoms with Crippen molar-refractivity contribution in [2.24, 2.45) is 5.73 Å². The number of ether oxygens (including phenoxy) is 1. The highest BCUT2D eigenvalue weighted by atomic mass is 19.3. The van der Waals surface area contributed by atoms with Gasteiger partial charge in [-0.25, -0.2) is 8.78 Å². The molecule has 0 saturated carbocycles. The lowest BCUT2D eigenvalue weighted by atomic mass is 10.0. The fourth-order valence-electron chi connectivity index (χ4n) is 1.37. The molecule has 0 radical (unpaired) electrons. The van der Waals surface area contributed by atoms with Crippen molar-refractivity contribution in [3.63, 3.8) is 0 Å². The summed E-state index contributed by atoms with van der Waals surface area (Å²) in [5.41, 5.74) is 5.65. The first kappa shape index (κ1) is 13.9. The van der Waals surface area contributed by atoms with Crippen molar-refractivity contribution in [1.29, 1.82) is 0 Å². The predicted octanol–water partition coefficient (Wildman–Crippen LogP) is 2.10. The average molecular weight is 245 g/mol. The van der Waals surface area contributed by atoms with Crippen LogP contribution in [0.2, 0.25) is 0 Å². The molecule has 0 aliphatic rings. The maximum atomic E-state index is 13.1. The molecule has 0 amide bonds. The maximum Gasteiger partial charge on any atom is 0.289 e. The number of nitrogens with two attached hydrogens (primary N) is 1. The largest absolute Gasteiger partial charge is 0.491 e. The lowest BCUT2D eigenvalue weighted by Gasteiger charge is -2.22. The number of halogens is 2. The molecule has 5 heteroatoms. The Morgan fingerprint density at radius 3 is 2.24 bits per heavy atom. The van der Waals surface area contributed by atoms with Gasteiger partial charge in [-0.2, -0.15) is 0 Å². The van der Waals surface area contributed by atoms with E-state index in [1.165, 1.54) is 12.1 Å². The van der Waals surface area contributed by atoms with Crippen molar-refractivity contribution in [3.8, 4) is 5.75 Å². The summed E-state index contributed by atoms with van der Waals surface area (Å²) in [6, 6.07) is 4.61. The molecule has 1 aromatic carbocycles. The molecule has 0 aromatic heterocycles. The fourth-order valence-corrected chi connectivity index (χ4v) is 1.37. The molecular weight excluding hydrogens is 228 g/mol. The molecule has 0 saturated heterocycles. The van der Waals surface area contributed by atoms with Crippen molar-refractivity contribution >= 4 is 0 Å². The zero-order valence-electron chi connectivity index (χ0n) is 9.86. The van der Waals surface area contributed by atoms with Crippen molar-refractivity contribution in [2.45, 2.75) is 31.9 Å². The topological polar surface area (TPSA) is 55.5 Å². The molecule has 3 nitrogen and oxygen atoms in total. The van der Waals surface area contributed by atoms with E-state index in [2.05, 4.69) is 0 Å². The summed E-state index contributed by atoms with van der Waals surface area (Å²) in [5, 5.41) is 8.54. The zero-order valence-corrected chi connectivity index (χ0v) is 9.86. The second-order valence-electron chi connectivity index (χ2n) is 4.13. The van der Waals surface area contributed by atoms with Crippen LogP contribution in [0, 0.1) is 0 Å². The molecule has 1 aromatic rings. The van der Waals surface area contributed by atoms with Gasteiger partial charge in [0.25, 0.3) is 5.92 Å². The van der Waals surface area contributed by atoms with Crippen LogP contribution in [-0.2, 0) is 0 Å². The summed E-state index contributed by atoms with van der Waals surface area (Å²) in [6.07, 6.45) is 0.0217. The number of hydrogen-bond acceptors (Lipinski definition) is 3. The molecule has 1 atom stereocenters. The predicted molar refractivity (Wildman–Crippen MR) is 61.2 cm³/mol. The van der Waals surface area contributed by atoms with Crippen LogP contribution in [0.15, 0.2) is 24.3 Å². The average Bonchev–Trinajstić information content (AvgIpc) is 2.28. The van der Waals surface area contributed by atoms with Crippen LogP contribution in [0.25, 0.3) is 0 Å². The van der Waals surface area contributed by atoms with Crippen LogP contribution in [0.1, 0.15) is 25.5 Å². The summed E-state index contributed by atoms with van der Waals surface area (Å²) >= 11 is 0. The highest BCUT2D eigenvalue weighted by Gasteiger charge is 2.37. The van der Waals surface area contributed by atoms with Crippen molar-refractivity contribution in [2.75, 3.05) is 6.61 Å². The zero-order chi connectivity index (χ0) is 13.1. The minimum Gasteiger partial charge on any atom is -0.491 e. The van der Waals surface area contributed by atoms with E-state index in [4.69, 9.17) is 15.6 Å². The number of hydrogen-bond donors (Lipinski definition) is 2. The van der Waals surface area contributed by atoms with E-state index in [0.29, 0.717) is 5.75 Å². The first-order valence-corrected chi connectivity index (χ1v) is 5.37. The second kappa shape index (κ2) is 5.42. The van der Waals surface area contributed by atoms with E-state index in [1.54, 1.807) is 12.1 Å². The van der Waals surface area contributed by atoms with Crippen LogP contribution in [0.4, 0.5) is 8.78 Å². The summed E-state index contributed by atoms with van der Waals surface area (Å²) < 4.78 is 31.7. The van der Waals surface area contributed by atoms with Gasteiger partial charge in [0.15, 0.2) is 0 Å². The molecule has 17 heavy (non-hydrogen) atoms. The number of rotatable bonds is 5. The number of aliphatic hydroxyl groups is 1. The van der Waals surface area contributed by atoms with Gasteiger partial charge in [0, 0.05) is 0 Å². The van der Waals surface area contributed by atoms with Crippen LogP contribution in [0.5, 0.6) is 5.75 Å². The standard InChI is InChI=1S/C12H17F2NO2/c1-8(2)17-10-5-3-9(4-6-10)11(15)12(13,14)7-16/h3-6,8,11,16H,7,15H2,1-2H3/t11-/m1/s1. The van der Waals surface area contributed by atoms with Gasteiger partial charge in [0.1, 0.15) is 12.4 Å². The quantitative estimate of drug-likeness (QED) is 0.835. The molecular formula is C12H17F2NO2. The molecule has 0 aliphatic carbocycles. The third-order valence-corrected chi connectivity index (χ3v) is 2.28. The summed E-state index contributed by atoms with van der Waals surface area (Å²) in [5.74, 6) is -2.72. The number of benzene rings is 1. The number of alkyl halides is 2. The SMILES string of the molecule is CC(C)Oc1ccc([C@@H](N)C(F)(F)CO)cc1. The van der Waals surface area contributed by atoms with E-state index >= 15 is 0 Å². The summed E-state index contributed by atoms with van der Waals surface area (Å²) in [7, 11) is 0. The molecule has 0 heterocycles. The van der Waals surface area contributed by atoms with E-state index < -0.39 is 18.6 Å². The van der Waals surface area contributed by atoms with E-state index in [9.17, 15) is 8.78 Å². The Balaban J connectivity index is 2.80. The Hall–Kier alpha value is -1.20. The van der Waals surface area contributed by atoms with Crippen LogP contribution in [-0.4, -0.2) is 23.7 Å². The highest BCUT2D eigenvalue weighted by molar-refractivity contribution is 5.30. The molecule has 0 spiro atoms. The van der Waals surface area contributed by atoms with Gasteiger partial charge in [-0.05, 0) is 31.5 Å². The third kappa shape index (κ3) is 3.64. The van der Waals surface area contributed by atoms with Crippen LogP contribution in [0.3, 0.4) is 0 Å². The molecule has 0 fully saturated rings. The second-order valence-corrected chi connectivity index (χ2v) is 4.13.